The SMILES string of the molecule is CCC(CC)CS(=O)(=O)N1CCCC1C(C)(C)O. The van der Waals surface area contributed by atoms with Gasteiger partial charge in [-0.3, -0.25) is 0 Å². The van der Waals surface area contributed by atoms with Crippen molar-refractivity contribution in [1.29, 1.82) is 0 Å². The summed E-state index contributed by atoms with van der Waals surface area (Å²) in [5.74, 6) is 0.435. The number of hydrogen-bond acceptors (Lipinski definition) is 3. The quantitative estimate of drug-likeness (QED) is 0.807. The van der Waals surface area contributed by atoms with Crippen LogP contribution in [0.3, 0.4) is 0 Å². The van der Waals surface area contributed by atoms with Crippen molar-refractivity contribution in [2.24, 2.45) is 5.92 Å². The zero-order valence-electron chi connectivity index (χ0n) is 12.0. The normalized spacial score (nSPS) is 22.9. The third-order valence-electron chi connectivity index (χ3n) is 3.98. The van der Waals surface area contributed by atoms with Crippen LogP contribution < -0.4 is 0 Å². The molecule has 1 unspecified atom stereocenters. The van der Waals surface area contributed by atoms with Gasteiger partial charge in [-0.1, -0.05) is 26.7 Å². The molecule has 108 valence electrons. The van der Waals surface area contributed by atoms with Crippen LogP contribution in [-0.4, -0.2) is 41.8 Å². The highest BCUT2D eigenvalue weighted by Gasteiger charge is 2.42. The van der Waals surface area contributed by atoms with Crippen LogP contribution in [0, 0.1) is 5.92 Å². The summed E-state index contributed by atoms with van der Waals surface area (Å²) in [6, 6.07) is -0.267. The molecule has 1 aliphatic heterocycles. The summed E-state index contributed by atoms with van der Waals surface area (Å²) in [5, 5.41) is 10.1. The minimum Gasteiger partial charge on any atom is -0.389 e. The molecular weight excluding hydrogens is 250 g/mol. The molecule has 0 aromatic rings. The maximum Gasteiger partial charge on any atom is 0.214 e. The third-order valence-corrected chi connectivity index (χ3v) is 6.02. The molecule has 0 bridgehead atoms. The summed E-state index contributed by atoms with van der Waals surface area (Å²) in [6.45, 7) is 8.00. The van der Waals surface area contributed by atoms with Crippen molar-refractivity contribution in [2.45, 2.75) is 65.0 Å². The van der Waals surface area contributed by atoms with E-state index in [2.05, 4.69) is 0 Å². The van der Waals surface area contributed by atoms with E-state index in [1.807, 2.05) is 13.8 Å². The number of sulfonamides is 1. The fraction of sp³-hybridized carbons (Fsp3) is 1.00. The Morgan fingerprint density at radius 3 is 2.33 bits per heavy atom. The zero-order chi connectivity index (χ0) is 14.0. The Bertz CT molecular complexity index is 355. The van der Waals surface area contributed by atoms with Crippen molar-refractivity contribution < 1.29 is 13.5 Å². The Morgan fingerprint density at radius 2 is 1.89 bits per heavy atom. The van der Waals surface area contributed by atoms with Gasteiger partial charge in [0.2, 0.25) is 10.0 Å². The first-order chi connectivity index (χ1) is 8.22. The van der Waals surface area contributed by atoms with Gasteiger partial charge in [-0.15, -0.1) is 0 Å². The minimum absolute atomic E-state index is 0.215. The van der Waals surface area contributed by atoms with Gasteiger partial charge in [0, 0.05) is 6.54 Å². The van der Waals surface area contributed by atoms with E-state index in [1.54, 1.807) is 13.8 Å². The molecule has 0 aliphatic carbocycles. The van der Waals surface area contributed by atoms with E-state index in [0.717, 1.165) is 25.7 Å². The lowest BCUT2D eigenvalue weighted by Crippen LogP contribution is -2.49. The van der Waals surface area contributed by atoms with Gasteiger partial charge < -0.3 is 5.11 Å². The second-order valence-corrected chi connectivity index (χ2v) is 7.85. The molecular formula is C13H27NO3S. The minimum atomic E-state index is -3.24. The molecule has 0 spiro atoms. The lowest BCUT2D eigenvalue weighted by atomic mass is 9.98. The van der Waals surface area contributed by atoms with Crippen molar-refractivity contribution in [2.75, 3.05) is 12.3 Å². The van der Waals surface area contributed by atoms with Gasteiger partial charge >= 0.3 is 0 Å². The van der Waals surface area contributed by atoms with Crippen LogP contribution in [0.1, 0.15) is 53.4 Å². The van der Waals surface area contributed by atoms with Gasteiger partial charge in [0.1, 0.15) is 0 Å². The first-order valence-corrected chi connectivity index (χ1v) is 8.55. The summed E-state index contributed by atoms with van der Waals surface area (Å²) in [7, 11) is -3.24. The lowest BCUT2D eigenvalue weighted by Gasteiger charge is -2.33. The Labute approximate surface area is 111 Å². The van der Waals surface area contributed by atoms with Crippen molar-refractivity contribution >= 4 is 10.0 Å². The van der Waals surface area contributed by atoms with Crippen LogP contribution in [0.25, 0.3) is 0 Å². The molecule has 0 radical (unpaired) electrons. The molecule has 1 atom stereocenters. The van der Waals surface area contributed by atoms with Gasteiger partial charge in [0.25, 0.3) is 0 Å². The standard InChI is InChI=1S/C13H27NO3S/c1-5-11(6-2)10-18(16,17)14-9-7-8-12(14)13(3,4)15/h11-12,15H,5-10H2,1-4H3. The first-order valence-electron chi connectivity index (χ1n) is 6.94. The fourth-order valence-electron chi connectivity index (χ4n) is 2.70. The van der Waals surface area contributed by atoms with Crippen molar-refractivity contribution in [3.63, 3.8) is 0 Å². The van der Waals surface area contributed by atoms with Crippen molar-refractivity contribution in [3.8, 4) is 0 Å². The Hall–Kier alpha value is -0.130. The summed E-state index contributed by atoms with van der Waals surface area (Å²) < 4.78 is 26.4. The van der Waals surface area contributed by atoms with Crippen LogP contribution in [0.2, 0.25) is 0 Å². The molecule has 1 fully saturated rings. The second kappa shape index (κ2) is 5.88. The molecule has 5 heteroatoms. The van der Waals surface area contributed by atoms with E-state index in [9.17, 15) is 13.5 Å². The van der Waals surface area contributed by atoms with Crippen LogP contribution in [0.5, 0.6) is 0 Å². The van der Waals surface area contributed by atoms with E-state index in [1.165, 1.54) is 4.31 Å². The van der Waals surface area contributed by atoms with E-state index < -0.39 is 15.6 Å². The highest BCUT2D eigenvalue weighted by atomic mass is 32.2. The maximum absolute atomic E-state index is 12.4. The number of rotatable bonds is 6. The molecule has 0 amide bonds. The molecule has 1 aliphatic rings. The molecule has 0 aromatic carbocycles. The Balaban J connectivity index is 2.84. The molecule has 18 heavy (non-hydrogen) atoms. The Morgan fingerprint density at radius 1 is 1.33 bits per heavy atom. The maximum atomic E-state index is 12.4. The summed E-state index contributed by atoms with van der Waals surface area (Å²) in [5.41, 5.74) is -0.961. The molecule has 1 N–H and O–H groups in total. The average molecular weight is 277 g/mol. The largest absolute Gasteiger partial charge is 0.389 e. The van der Waals surface area contributed by atoms with E-state index >= 15 is 0 Å². The van der Waals surface area contributed by atoms with Crippen LogP contribution in [0.15, 0.2) is 0 Å². The number of aliphatic hydroxyl groups is 1. The summed E-state index contributed by atoms with van der Waals surface area (Å²) >= 11 is 0. The molecule has 0 aromatic heterocycles. The first kappa shape index (κ1) is 15.9. The van der Waals surface area contributed by atoms with Crippen LogP contribution in [0.4, 0.5) is 0 Å². The van der Waals surface area contributed by atoms with Crippen molar-refractivity contribution in [3.05, 3.63) is 0 Å². The van der Waals surface area contributed by atoms with E-state index in [-0.39, 0.29) is 17.7 Å². The summed E-state index contributed by atoms with van der Waals surface area (Å²) in [4.78, 5) is 0. The van der Waals surface area contributed by atoms with E-state index in [4.69, 9.17) is 0 Å². The highest BCUT2D eigenvalue weighted by molar-refractivity contribution is 7.89. The van der Waals surface area contributed by atoms with Gasteiger partial charge in [-0.2, -0.15) is 4.31 Å². The smallest absolute Gasteiger partial charge is 0.214 e. The molecule has 1 heterocycles. The van der Waals surface area contributed by atoms with Crippen LogP contribution in [-0.2, 0) is 10.0 Å². The monoisotopic (exact) mass is 277 g/mol. The Kier molecular flexibility index (Phi) is 5.21. The molecule has 0 saturated carbocycles. The predicted molar refractivity (Wildman–Crippen MR) is 73.9 cm³/mol. The van der Waals surface area contributed by atoms with Crippen LogP contribution >= 0.6 is 0 Å². The second-order valence-electron chi connectivity index (χ2n) is 5.88. The molecule has 1 rings (SSSR count). The van der Waals surface area contributed by atoms with E-state index in [0.29, 0.717) is 6.54 Å². The molecule has 4 nitrogen and oxygen atoms in total. The lowest BCUT2D eigenvalue weighted by molar-refractivity contribution is 0.0214. The predicted octanol–water partition coefficient (Wildman–Crippen LogP) is 1.99. The van der Waals surface area contributed by atoms with Gasteiger partial charge in [-0.25, -0.2) is 8.42 Å². The fourth-order valence-corrected chi connectivity index (χ4v) is 5.11. The topological polar surface area (TPSA) is 57.6 Å². The number of nitrogens with zero attached hydrogens (tertiary/aromatic N) is 1. The summed E-state index contributed by atoms with van der Waals surface area (Å²) in [6.07, 6.45) is 3.37. The van der Waals surface area contributed by atoms with Gasteiger partial charge in [0.15, 0.2) is 0 Å². The number of hydrogen-bond donors (Lipinski definition) is 1. The molecule has 1 saturated heterocycles. The average Bonchev–Trinajstić information content (AvgIpc) is 2.75. The van der Waals surface area contributed by atoms with Gasteiger partial charge in [0.05, 0.1) is 17.4 Å². The van der Waals surface area contributed by atoms with Crippen molar-refractivity contribution in [1.82, 2.24) is 4.31 Å². The third kappa shape index (κ3) is 3.68. The van der Waals surface area contributed by atoms with Gasteiger partial charge in [-0.05, 0) is 32.6 Å². The highest BCUT2D eigenvalue weighted by Crippen LogP contribution is 2.30. The zero-order valence-corrected chi connectivity index (χ0v) is 12.8.